The molecule has 1 aromatic carbocycles. The van der Waals surface area contributed by atoms with Crippen LogP contribution in [0.5, 0.6) is 0 Å². The smallest absolute Gasteiger partial charge is 0.274 e. The van der Waals surface area contributed by atoms with Gasteiger partial charge in [0.15, 0.2) is 5.82 Å². The van der Waals surface area contributed by atoms with Crippen LogP contribution in [0.1, 0.15) is 41.3 Å². The molecular formula is C21H22FN5O2. The monoisotopic (exact) mass is 395 g/mol. The van der Waals surface area contributed by atoms with Gasteiger partial charge in [0.25, 0.3) is 11.8 Å². The van der Waals surface area contributed by atoms with Crippen LogP contribution in [0.3, 0.4) is 0 Å². The van der Waals surface area contributed by atoms with Crippen molar-refractivity contribution in [2.75, 3.05) is 13.1 Å². The molecule has 1 saturated heterocycles. The standard InChI is InChI=1S/C21H22FN5O2/c1-14-12-24-18(13-23-14)21(28)27-10-8-15(9-11-27)2-7-19-25-20(29-26-19)16-3-5-17(22)6-4-16/h3-6,12-13,15H,2,7-11H2,1H3. The molecule has 0 aliphatic carbocycles. The molecule has 0 spiro atoms. The average molecular weight is 395 g/mol. The Morgan fingerprint density at radius 1 is 1.17 bits per heavy atom. The first-order chi connectivity index (χ1) is 14.1. The number of aryl methyl sites for hydroxylation is 2. The summed E-state index contributed by atoms with van der Waals surface area (Å²) in [6.45, 7) is 3.28. The van der Waals surface area contributed by atoms with Gasteiger partial charge in [-0.1, -0.05) is 5.16 Å². The molecule has 2 aromatic heterocycles. The molecular weight excluding hydrogens is 373 g/mol. The number of aromatic nitrogens is 4. The van der Waals surface area contributed by atoms with Gasteiger partial charge >= 0.3 is 0 Å². The molecule has 7 nitrogen and oxygen atoms in total. The second-order valence-corrected chi connectivity index (χ2v) is 7.34. The SMILES string of the molecule is Cc1cnc(C(=O)N2CCC(CCc3noc(-c4ccc(F)cc4)n3)CC2)cn1. The van der Waals surface area contributed by atoms with Crippen LogP contribution in [0.4, 0.5) is 4.39 Å². The zero-order valence-electron chi connectivity index (χ0n) is 16.2. The fraction of sp³-hybridized carbons (Fsp3) is 0.381. The summed E-state index contributed by atoms with van der Waals surface area (Å²) in [4.78, 5) is 27.1. The number of likely N-dealkylation sites (tertiary alicyclic amines) is 1. The van der Waals surface area contributed by atoms with Crippen molar-refractivity contribution in [3.8, 4) is 11.5 Å². The summed E-state index contributed by atoms with van der Waals surface area (Å²) in [5.41, 5.74) is 1.90. The molecule has 1 aliphatic rings. The van der Waals surface area contributed by atoms with Gasteiger partial charge in [-0.15, -0.1) is 0 Å². The number of halogens is 1. The van der Waals surface area contributed by atoms with Gasteiger partial charge in [-0.25, -0.2) is 9.37 Å². The molecule has 1 fully saturated rings. The number of hydrogen-bond acceptors (Lipinski definition) is 6. The Hall–Kier alpha value is -3.16. The predicted octanol–water partition coefficient (Wildman–Crippen LogP) is 3.46. The summed E-state index contributed by atoms with van der Waals surface area (Å²) in [5, 5.41) is 4.03. The van der Waals surface area contributed by atoms with Crippen LogP contribution in [-0.4, -0.2) is 44.0 Å². The van der Waals surface area contributed by atoms with E-state index in [4.69, 9.17) is 4.52 Å². The van der Waals surface area contributed by atoms with Gasteiger partial charge in [-0.2, -0.15) is 4.98 Å². The third-order valence-corrected chi connectivity index (χ3v) is 5.24. The minimum absolute atomic E-state index is 0.0574. The van der Waals surface area contributed by atoms with Gasteiger partial charge in [-0.05, 0) is 56.4 Å². The summed E-state index contributed by atoms with van der Waals surface area (Å²) in [6.07, 6.45) is 6.69. The summed E-state index contributed by atoms with van der Waals surface area (Å²) in [7, 11) is 0. The third-order valence-electron chi connectivity index (χ3n) is 5.24. The molecule has 1 amide bonds. The first-order valence-corrected chi connectivity index (χ1v) is 9.75. The van der Waals surface area contributed by atoms with Crippen LogP contribution in [-0.2, 0) is 6.42 Å². The lowest BCUT2D eigenvalue weighted by Gasteiger charge is -2.31. The van der Waals surface area contributed by atoms with Crippen LogP contribution in [0.15, 0.2) is 41.2 Å². The molecule has 1 aliphatic heterocycles. The number of amides is 1. The third kappa shape index (κ3) is 4.64. The van der Waals surface area contributed by atoms with Crippen molar-refractivity contribution >= 4 is 5.91 Å². The van der Waals surface area contributed by atoms with Crippen LogP contribution in [0, 0.1) is 18.7 Å². The van der Waals surface area contributed by atoms with Crippen molar-refractivity contribution < 1.29 is 13.7 Å². The van der Waals surface area contributed by atoms with Crippen LogP contribution in [0.2, 0.25) is 0 Å². The van der Waals surface area contributed by atoms with Crippen molar-refractivity contribution in [1.29, 1.82) is 0 Å². The summed E-state index contributed by atoms with van der Waals surface area (Å²) in [6, 6.07) is 5.99. The van der Waals surface area contributed by atoms with E-state index in [2.05, 4.69) is 20.1 Å². The van der Waals surface area contributed by atoms with E-state index in [9.17, 15) is 9.18 Å². The van der Waals surface area contributed by atoms with Crippen LogP contribution >= 0.6 is 0 Å². The van der Waals surface area contributed by atoms with E-state index in [0.29, 0.717) is 48.4 Å². The minimum atomic E-state index is -0.298. The molecule has 0 N–H and O–H groups in total. The minimum Gasteiger partial charge on any atom is -0.337 e. The normalized spacial score (nSPS) is 14.9. The number of rotatable bonds is 5. The van der Waals surface area contributed by atoms with E-state index in [1.54, 1.807) is 24.5 Å². The number of piperidine rings is 1. The van der Waals surface area contributed by atoms with Gasteiger partial charge in [-0.3, -0.25) is 9.78 Å². The van der Waals surface area contributed by atoms with Crippen LogP contribution in [0.25, 0.3) is 11.5 Å². The highest BCUT2D eigenvalue weighted by Gasteiger charge is 2.24. The maximum absolute atomic E-state index is 13.0. The number of nitrogens with zero attached hydrogens (tertiary/aromatic N) is 5. The van der Waals surface area contributed by atoms with Gasteiger partial charge in [0.1, 0.15) is 11.5 Å². The number of benzene rings is 1. The van der Waals surface area contributed by atoms with Crippen LogP contribution < -0.4 is 0 Å². The van der Waals surface area contributed by atoms with Crippen molar-refractivity contribution in [3.05, 3.63) is 59.7 Å². The summed E-state index contributed by atoms with van der Waals surface area (Å²) < 4.78 is 18.3. The maximum Gasteiger partial charge on any atom is 0.274 e. The average Bonchev–Trinajstić information content (AvgIpc) is 3.22. The second-order valence-electron chi connectivity index (χ2n) is 7.34. The Kier molecular flexibility index (Phi) is 5.59. The van der Waals surface area contributed by atoms with E-state index in [1.807, 2.05) is 11.8 Å². The molecule has 0 saturated carbocycles. The molecule has 4 rings (SSSR count). The van der Waals surface area contributed by atoms with E-state index in [1.165, 1.54) is 12.1 Å². The molecule has 0 atom stereocenters. The molecule has 150 valence electrons. The summed E-state index contributed by atoms with van der Waals surface area (Å²) in [5.74, 6) is 1.21. The lowest BCUT2D eigenvalue weighted by Crippen LogP contribution is -2.39. The number of carbonyl (C=O) groups excluding carboxylic acids is 1. The molecule has 3 heterocycles. The second kappa shape index (κ2) is 8.46. The number of hydrogen-bond donors (Lipinski definition) is 0. The van der Waals surface area contributed by atoms with Crippen molar-refractivity contribution in [2.24, 2.45) is 5.92 Å². The molecule has 0 unspecified atom stereocenters. The highest BCUT2D eigenvalue weighted by Crippen LogP contribution is 2.24. The zero-order valence-corrected chi connectivity index (χ0v) is 16.2. The number of carbonyl (C=O) groups is 1. The van der Waals surface area contributed by atoms with Crippen molar-refractivity contribution in [3.63, 3.8) is 0 Å². The molecule has 0 radical (unpaired) electrons. The van der Waals surface area contributed by atoms with E-state index >= 15 is 0 Å². The van der Waals surface area contributed by atoms with Gasteiger partial charge in [0.2, 0.25) is 0 Å². The van der Waals surface area contributed by atoms with Crippen molar-refractivity contribution in [1.82, 2.24) is 25.0 Å². The highest BCUT2D eigenvalue weighted by molar-refractivity contribution is 5.92. The fourth-order valence-corrected chi connectivity index (χ4v) is 3.49. The Labute approximate surface area is 168 Å². The predicted molar refractivity (Wildman–Crippen MR) is 103 cm³/mol. The van der Waals surface area contributed by atoms with Gasteiger partial charge in [0.05, 0.1) is 11.9 Å². The Bertz CT molecular complexity index is 963. The molecule has 8 heteroatoms. The molecule has 3 aromatic rings. The Morgan fingerprint density at radius 3 is 2.62 bits per heavy atom. The Balaban J connectivity index is 1.26. The lowest BCUT2D eigenvalue weighted by molar-refractivity contribution is 0.0680. The first-order valence-electron chi connectivity index (χ1n) is 9.75. The summed E-state index contributed by atoms with van der Waals surface area (Å²) >= 11 is 0. The Morgan fingerprint density at radius 2 is 1.93 bits per heavy atom. The zero-order chi connectivity index (χ0) is 20.2. The fourth-order valence-electron chi connectivity index (χ4n) is 3.49. The maximum atomic E-state index is 13.0. The highest BCUT2D eigenvalue weighted by atomic mass is 19.1. The molecule has 29 heavy (non-hydrogen) atoms. The quantitative estimate of drug-likeness (QED) is 0.658. The largest absolute Gasteiger partial charge is 0.337 e. The lowest BCUT2D eigenvalue weighted by atomic mass is 9.92. The van der Waals surface area contributed by atoms with Gasteiger partial charge in [0, 0.05) is 31.3 Å². The van der Waals surface area contributed by atoms with Crippen molar-refractivity contribution in [2.45, 2.75) is 32.6 Å². The van der Waals surface area contributed by atoms with Gasteiger partial charge < -0.3 is 9.42 Å². The van der Waals surface area contributed by atoms with E-state index in [-0.39, 0.29) is 11.7 Å². The first kappa shape index (κ1) is 19.2. The van der Waals surface area contributed by atoms with E-state index < -0.39 is 0 Å². The topological polar surface area (TPSA) is 85.0 Å². The van der Waals surface area contributed by atoms with E-state index in [0.717, 1.165) is 25.0 Å². The molecule has 0 bridgehead atoms.